The van der Waals surface area contributed by atoms with E-state index >= 15 is 0 Å². The molecule has 0 aromatic heterocycles. The van der Waals surface area contributed by atoms with E-state index in [2.05, 4.69) is 10.0 Å². The Morgan fingerprint density at radius 1 is 0.935 bits per heavy atom. The highest BCUT2D eigenvalue weighted by molar-refractivity contribution is 7.92. The lowest BCUT2D eigenvalue weighted by atomic mass is 10.3. The van der Waals surface area contributed by atoms with E-state index in [-0.39, 0.29) is 10.6 Å². The summed E-state index contributed by atoms with van der Waals surface area (Å²) in [6.45, 7) is 1.54. The molecule has 6 nitrogen and oxygen atoms in total. The lowest BCUT2D eigenvalue weighted by molar-refractivity contribution is -0.122. The molecule has 162 valence electrons. The number of sulfonamides is 1. The summed E-state index contributed by atoms with van der Waals surface area (Å²) in [4.78, 5) is 12.3. The molecule has 0 aliphatic rings. The van der Waals surface area contributed by atoms with Crippen molar-refractivity contribution >= 4 is 50.5 Å². The summed E-state index contributed by atoms with van der Waals surface area (Å²) < 4.78 is 45.9. The van der Waals surface area contributed by atoms with Crippen molar-refractivity contribution in [3.05, 3.63) is 82.6 Å². The number of carbonyl (C=O) groups excluding carboxylic acids is 1. The fourth-order valence-electron chi connectivity index (χ4n) is 2.56. The Bertz CT molecular complexity index is 1170. The highest BCUT2D eigenvalue weighted by Gasteiger charge is 2.17. The molecular formula is C21H17Cl2FN2O4S. The van der Waals surface area contributed by atoms with E-state index in [1.807, 2.05) is 0 Å². The van der Waals surface area contributed by atoms with Crippen molar-refractivity contribution in [1.29, 1.82) is 0 Å². The number of anilines is 2. The maximum Gasteiger partial charge on any atom is 0.265 e. The maximum atomic E-state index is 13.0. The predicted octanol–water partition coefficient (Wildman–Crippen LogP) is 5.34. The summed E-state index contributed by atoms with van der Waals surface area (Å²) in [7, 11) is -3.89. The zero-order valence-electron chi connectivity index (χ0n) is 16.1. The first-order chi connectivity index (χ1) is 14.6. The van der Waals surface area contributed by atoms with Crippen LogP contribution in [0.25, 0.3) is 0 Å². The third-order valence-corrected chi connectivity index (χ3v) is 5.88. The molecule has 0 spiro atoms. The van der Waals surface area contributed by atoms with Crippen LogP contribution in [0, 0.1) is 5.82 Å². The molecule has 3 aromatic rings. The standard InChI is InChI=1S/C21H17Cl2FN2O4S/c1-13(30-19-6-2-16(24)3-7-19)21(27)25-17-4-8-20(9-5-17)31(28,29)26-18-11-14(22)10-15(23)12-18/h2-13,26H,1H3,(H,25,27)/t13-/m0/s1. The van der Waals surface area contributed by atoms with E-state index in [1.54, 1.807) is 0 Å². The van der Waals surface area contributed by atoms with Gasteiger partial charge in [-0.1, -0.05) is 23.2 Å². The Morgan fingerprint density at radius 3 is 2.10 bits per heavy atom. The van der Waals surface area contributed by atoms with E-state index < -0.39 is 27.9 Å². The highest BCUT2D eigenvalue weighted by atomic mass is 35.5. The van der Waals surface area contributed by atoms with E-state index in [9.17, 15) is 17.6 Å². The number of hydrogen-bond donors (Lipinski definition) is 2. The number of amides is 1. The van der Waals surface area contributed by atoms with Gasteiger partial charge in [0.05, 0.1) is 10.6 Å². The number of carbonyl (C=O) groups is 1. The normalized spacial score (nSPS) is 12.1. The molecule has 0 saturated heterocycles. The fourth-order valence-corrected chi connectivity index (χ4v) is 4.13. The molecule has 1 atom stereocenters. The first-order valence-corrected chi connectivity index (χ1v) is 11.2. The molecule has 0 saturated carbocycles. The SMILES string of the molecule is C[C@H](Oc1ccc(F)cc1)C(=O)Nc1ccc(S(=O)(=O)Nc2cc(Cl)cc(Cl)c2)cc1. The summed E-state index contributed by atoms with van der Waals surface area (Å²) in [6, 6.07) is 15.2. The van der Waals surface area contributed by atoms with Crippen molar-refractivity contribution in [3.63, 3.8) is 0 Å². The van der Waals surface area contributed by atoms with Crippen LogP contribution in [0.4, 0.5) is 15.8 Å². The summed E-state index contributed by atoms with van der Waals surface area (Å²) in [5.41, 5.74) is 0.603. The van der Waals surface area contributed by atoms with E-state index in [0.717, 1.165) is 0 Å². The molecule has 2 N–H and O–H groups in total. The van der Waals surface area contributed by atoms with Gasteiger partial charge in [-0.25, -0.2) is 12.8 Å². The largest absolute Gasteiger partial charge is 0.481 e. The number of rotatable bonds is 7. The van der Waals surface area contributed by atoms with Crippen LogP contribution < -0.4 is 14.8 Å². The van der Waals surface area contributed by atoms with Crippen molar-refractivity contribution in [3.8, 4) is 5.75 Å². The molecular weight excluding hydrogens is 466 g/mol. The van der Waals surface area contributed by atoms with Gasteiger partial charge in [0.1, 0.15) is 11.6 Å². The number of halogens is 3. The van der Waals surface area contributed by atoms with Gasteiger partial charge in [-0.15, -0.1) is 0 Å². The summed E-state index contributed by atoms with van der Waals surface area (Å²) >= 11 is 11.8. The Balaban J connectivity index is 1.64. The second kappa shape index (κ2) is 9.55. The Labute approximate surface area is 189 Å². The molecule has 1 amide bonds. The lowest BCUT2D eigenvalue weighted by Crippen LogP contribution is -2.30. The van der Waals surface area contributed by atoms with Gasteiger partial charge in [0.15, 0.2) is 6.10 Å². The Hall–Kier alpha value is -2.81. The van der Waals surface area contributed by atoms with Gasteiger partial charge in [0, 0.05) is 15.7 Å². The van der Waals surface area contributed by atoms with Gasteiger partial charge in [-0.3, -0.25) is 9.52 Å². The van der Waals surface area contributed by atoms with Crippen molar-refractivity contribution in [2.75, 3.05) is 10.0 Å². The van der Waals surface area contributed by atoms with Gasteiger partial charge in [0.25, 0.3) is 15.9 Å². The summed E-state index contributed by atoms with van der Waals surface area (Å²) in [6.07, 6.45) is -0.858. The molecule has 0 fully saturated rings. The average molecular weight is 483 g/mol. The smallest absolute Gasteiger partial charge is 0.265 e. The fraction of sp³-hybridized carbons (Fsp3) is 0.0952. The van der Waals surface area contributed by atoms with E-state index in [4.69, 9.17) is 27.9 Å². The second-order valence-electron chi connectivity index (χ2n) is 6.49. The van der Waals surface area contributed by atoms with Gasteiger partial charge in [-0.05, 0) is 73.7 Å². The van der Waals surface area contributed by atoms with Crippen molar-refractivity contribution in [1.82, 2.24) is 0 Å². The first kappa shape index (κ1) is 22.9. The Kier molecular flexibility index (Phi) is 7.04. The van der Waals surface area contributed by atoms with Crippen molar-refractivity contribution < 1.29 is 22.3 Å². The van der Waals surface area contributed by atoms with Crippen LogP contribution in [0.3, 0.4) is 0 Å². The molecule has 10 heteroatoms. The number of hydrogen-bond acceptors (Lipinski definition) is 4. The molecule has 0 bridgehead atoms. The molecule has 3 aromatic carbocycles. The minimum Gasteiger partial charge on any atom is -0.481 e. The van der Waals surface area contributed by atoms with Crippen LogP contribution in [0.1, 0.15) is 6.92 Å². The molecule has 0 radical (unpaired) electrons. The zero-order chi connectivity index (χ0) is 22.6. The topological polar surface area (TPSA) is 84.5 Å². The predicted molar refractivity (Wildman–Crippen MR) is 119 cm³/mol. The number of benzene rings is 3. The molecule has 0 aliphatic carbocycles. The third kappa shape index (κ3) is 6.33. The minimum atomic E-state index is -3.89. The van der Waals surface area contributed by atoms with E-state index in [0.29, 0.717) is 21.5 Å². The van der Waals surface area contributed by atoms with Gasteiger partial charge >= 0.3 is 0 Å². The van der Waals surface area contributed by atoms with Crippen LogP contribution in [0.5, 0.6) is 5.75 Å². The van der Waals surface area contributed by atoms with Crippen LogP contribution in [-0.4, -0.2) is 20.4 Å². The van der Waals surface area contributed by atoms with Gasteiger partial charge in [0.2, 0.25) is 0 Å². The molecule has 31 heavy (non-hydrogen) atoms. The monoisotopic (exact) mass is 482 g/mol. The first-order valence-electron chi connectivity index (χ1n) is 8.94. The van der Waals surface area contributed by atoms with Gasteiger partial charge < -0.3 is 10.1 Å². The Morgan fingerprint density at radius 2 is 1.52 bits per heavy atom. The highest BCUT2D eigenvalue weighted by Crippen LogP contribution is 2.25. The van der Waals surface area contributed by atoms with Crippen molar-refractivity contribution in [2.24, 2.45) is 0 Å². The van der Waals surface area contributed by atoms with Crippen LogP contribution in [-0.2, 0) is 14.8 Å². The van der Waals surface area contributed by atoms with Crippen LogP contribution in [0.15, 0.2) is 71.6 Å². The van der Waals surface area contributed by atoms with Gasteiger partial charge in [-0.2, -0.15) is 0 Å². The minimum absolute atomic E-state index is 0.0165. The summed E-state index contributed by atoms with van der Waals surface area (Å²) in [5, 5.41) is 3.21. The number of ether oxygens (including phenoxy) is 1. The maximum absolute atomic E-state index is 13.0. The van der Waals surface area contributed by atoms with E-state index in [1.165, 1.54) is 73.7 Å². The van der Waals surface area contributed by atoms with Crippen LogP contribution >= 0.6 is 23.2 Å². The quantitative estimate of drug-likeness (QED) is 0.475. The second-order valence-corrected chi connectivity index (χ2v) is 9.05. The molecule has 0 unspecified atom stereocenters. The zero-order valence-corrected chi connectivity index (χ0v) is 18.4. The molecule has 0 aliphatic heterocycles. The number of nitrogens with one attached hydrogen (secondary N) is 2. The molecule has 3 rings (SSSR count). The molecule has 0 heterocycles. The van der Waals surface area contributed by atoms with Crippen LogP contribution in [0.2, 0.25) is 10.0 Å². The lowest BCUT2D eigenvalue weighted by Gasteiger charge is -2.15. The third-order valence-electron chi connectivity index (χ3n) is 4.04. The van der Waals surface area contributed by atoms with Crippen molar-refractivity contribution in [2.45, 2.75) is 17.9 Å². The average Bonchev–Trinajstić information content (AvgIpc) is 2.69. The summed E-state index contributed by atoms with van der Waals surface area (Å²) in [5.74, 6) is -0.517.